The number of benzene rings is 1. The minimum atomic E-state index is -5.02. The van der Waals surface area contributed by atoms with Gasteiger partial charge in [-0.3, -0.25) is 4.79 Å². The molecule has 1 aromatic carbocycles. The van der Waals surface area contributed by atoms with Gasteiger partial charge in [-0.15, -0.1) is 0 Å². The van der Waals surface area contributed by atoms with E-state index < -0.39 is 23.3 Å². The van der Waals surface area contributed by atoms with Crippen molar-refractivity contribution >= 4 is 17.1 Å². The number of carbonyl (C=O) groups is 1. The predicted molar refractivity (Wildman–Crippen MR) is 67.1 cm³/mol. The molecular formula is C13H9F3O3S. The Balaban J connectivity index is 2.11. The van der Waals surface area contributed by atoms with Crippen LogP contribution in [0.1, 0.15) is 15.9 Å². The summed E-state index contributed by atoms with van der Waals surface area (Å²) in [4.78, 5) is 11.0. The van der Waals surface area contributed by atoms with Gasteiger partial charge >= 0.3 is 6.18 Å². The molecule has 1 heterocycles. The van der Waals surface area contributed by atoms with E-state index in [1.165, 1.54) is 17.4 Å². The van der Waals surface area contributed by atoms with Crippen LogP contribution in [0.25, 0.3) is 0 Å². The number of hydrogen-bond donors (Lipinski definition) is 1. The predicted octanol–water partition coefficient (Wildman–Crippen LogP) is 3.78. The fourth-order valence-corrected chi connectivity index (χ4v) is 2.14. The Labute approximate surface area is 116 Å². The van der Waals surface area contributed by atoms with Gasteiger partial charge in [0.25, 0.3) is 5.78 Å². The smallest absolute Gasteiger partial charge is 0.455 e. The number of aromatic hydroxyl groups is 1. The topological polar surface area (TPSA) is 46.5 Å². The van der Waals surface area contributed by atoms with Crippen molar-refractivity contribution in [3.8, 4) is 11.5 Å². The Morgan fingerprint density at radius 2 is 2.05 bits per heavy atom. The molecule has 0 amide bonds. The van der Waals surface area contributed by atoms with Crippen molar-refractivity contribution in [3.05, 3.63) is 46.2 Å². The molecular weight excluding hydrogens is 293 g/mol. The number of phenols is 1. The van der Waals surface area contributed by atoms with Crippen LogP contribution in [-0.2, 0) is 6.61 Å². The zero-order valence-corrected chi connectivity index (χ0v) is 10.8. The molecule has 0 unspecified atom stereocenters. The second-order valence-electron chi connectivity index (χ2n) is 3.93. The van der Waals surface area contributed by atoms with Crippen LogP contribution in [0.2, 0.25) is 0 Å². The quantitative estimate of drug-likeness (QED) is 0.874. The molecule has 1 N–H and O–H groups in total. The number of Topliss-reactive ketones (excluding diaryl/α,β-unsaturated/α-hetero) is 1. The van der Waals surface area contributed by atoms with Crippen molar-refractivity contribution in [2.45, 2.75) is 12.8 Å². The summed E-state index contributed by atoms with van der Waals surface area (Å²) >= 11 is 1.49. The van der Waals surface area contributed by atoms with Crippen molar-refractivity contribution in [3.63, 3.8) is 0 Å². The second-order valence-corrected chi connectivity index (χ2v) is 4.71. The molecule has 2 aromatic rings. The minimum absolute atomic E-state index is 0.187. The largest absolute Gasteiger partial charge is 0.507 e. The molecule has 0 saturated heterocycles. The van der Waals surface area contributed by atoms with Gasteiger partial charge in [-0.1, -0.05) is 0 Å². The molecule has 7 heteroatoms. The molecule has 0 aliphatic carbocycles. The van der Waals surface area contributed by atoms with Gasteiger partial charge in [0.05, 0.1) is 5.56 Å². The third-order valence-corrected chi connectivity index (χ3v) is 3.19. The highest BCUT2D eigenvalue weighted by Gasteiger charge is 2.40. The van der Waals surface area contributed by atoms with Gasteiger partial charge in [-0.05, 0) is 34.5 Å². The van der Waals surface area contributed by atoms with Crippen LogP contribution < -0.4 is 4.74 Å². The number of ketones is 1. The average Bonchev–Trinajstić information content (AvgIpc) is 2.87. The third-order valence-electron chi connectivity index (χ3n) is 2.46. The number of carbonyl (C=O) groups excluding carboxylic acids is 1. The van der Waals surface area contributed by atoms with Crippen LogP contribution in [0.15, 0.2) is 35.0 Å². The van der Waals surface area contributed by atoms with E-state index >= 15 is 0 Å². The van der Waals surface area contributed by atoms with E-state index in [1.54, 1.807) is 0 Å². The highest BCUT2D eigenvalue weighted by Crippen LogP contribution is 2.30. The van der Waals surface area contributed by atoms with Crippen LogP contribution in [0, 0.1) is 0 Å². The molecule has 0 aliphatic rings. The van der Waals surface area contributed by atoms with Gasteiger partial charge in [0.15, 0.2) is 0 Å². The van der Waals surface area contributed by atoms with E-state index in [1.807, 2.05) is 16.8 Å². The number of phenolic OH excluding ortho intramolecular Hbond substituents is 1. The third kappa shape index (κ3) is 3.30. The fraction of sp³-hybridized carbons (Fsp3) is 0.154. The van der Waals surface area contributed by atoms with Crippen molar-refractivity contribution < 1.29 is 27.8 Å². The van der Waals surface area contributed by atoms with Gasteiger partial charge in [-0.2, -0.15) is 24.5 Å². The van der Waals surface area contributed by atoms with E-state index in [0.717, 1.165) is 17.7 Å². The van der Waals surface area contributed by atoms with Gasteiger partial charge < -0.3 is 9.84 Å². The molecule has 0 spiro atoms. The molecule has 0 radical (unpaired) electrons. The van der Waals surface area contributed by atoms with E-state index in [2.05, 4.69) is 0 Å². The number of ether oxygens (including phenoxy) is 1. The van der Waals surface area contributed by atoms with Crippen molar-refractivity contribution in [2.75, 3.05) is 0 Å². The Bertz CT molecular complexity index is 606. The van der Waals surface area contributed by atoms with Crippen LogP contribution >= 0.6 is 11.3 Å². The van der Waals surface area contributed by atoms with Gasteiger partial charge in [0.2, 0.25) is 0 Å². The molecule has 106 valence electrons. The van der Waals surface area contributed by atoms with E-state index in [0.29, 0.717) is 0 Å². The Kier molecular flexibility index (Phi) is 3.99. The maximum absolute atomic E-state index is 12.3. The second kappa shape index (κ2) is 5.54. The average molecular weight is 302 g/mol. The lowest BCUT2D eigenvalue weighted by molar-refractivity contribution is -0.0886. The van der Waals surface area contributed by atoms with E-state index in [4.69, 9.17) is 4.74 Å². The standard InChI is InChI=1S/C13H9F3O3S/c14-13(15,16)12(18)10-2-1-9(5-11(10)17)19-6-8-3-4-20-7-8/h1-5,7,17H,6H2. The van der Waals surface area contributed by atoms with Crippen LogP contribution in [-0.4, -0.2) is 17.1 Å². The van der Waals surface area contributed by atoms with E-state index in [-0.39, 0.29) is 12.4 Å². The normalized spacial score (nSPS) is 11.3. The number of halogens is 3. The SMILES string of the molecule is O=C(c1ccc(OCc2ccsc2)cc1O)C(F)(F)F. The zero-order chi connectivity index (χ0) is 14.8. The molecule has 0 saturated carbocycles. The summed E-state index contributed by atoms with van der Waals surface area (Å²) in [7, 11) is 0. The highest BCUT2D eigenvalue weighted by atomic mass is 32.1. The van der Waals surface area contributed by atoms with Gasteiger partial charge in [0.1, 0.15) is 18.1 Å². The number of hydrogen-bond acceptors (Lipinski definition) is 4. The summed E-state index contributed by atoms with van der Waals surface area (Å²) in [6, 6.07) is 4.94. The summed E-state index contributed by atoms with van der Waals surface area (Å²) < 4.78 is 42.1. The fourth-order valence-electron chi connectivity index (χ4n) is 1.49. The molecule has 3 nitrogen and oxygen atoms in total. The summed E-state index contributed by atoms with van der Waals surface area (Å²) in [6.07, 6.45) is -5.02. The zero-order valence-electron chi connectivity index (χ0n) is 9.98. The van der Waals surface area contributed by atoms with Gasteiger partial charge in [-0.25, -0.2) is 0 Å². The lowest BCUT2D eigenvalue weighted by atomic mass is 10.1. The number of thiophene rings is 1. The van der Waals surface area contributed by atoms with Crippen LogP contribution in [0.4, 0.5) is 13.2 Å². The minimum Gasteiger partial charge on any atom is -0.507 e. The van der Waals surface area contributed by atoms with Crippen LogP contribution in [0.3, 0.4) is 0 Å². The number of alkyl halides is 3. The summed E-state index contributed by atoms with van der Waals surface area (Å²) in [5, 5.41) is 13.2. The monoisotopic (exact) mass is 302 g/mol. The first-order valence-corrected chi connectivity index (χ1v) is 6.40. The summed E-state index contributed by atoms with van der Waals surface area (Å²) in [6.45, 7) is 0.232. The maximum Gasteiger partial charge on any atom is 0.455 e. The van der Waals surface area contributed by atoms with E-state index in [9.17, 15) is 23.1 Å². The Hall–Kier alpha value is -2.02. The van der Waals surface area contributed by atoms with Crippen molar-refractivity contribution in [1.82, 2.24) is 0 Å². The van der Waals surface area contributed by atoms with Gasteiger partial charge in [0, 0.05) is 6.07 Å². The summed E-state index contributed by atoms with van der Waals surface area (Å²) in [5.41, 5.74) is 0.116. The lowest BCUT2D eigenvalue weighted by Gasteiger charge is -2.09. The Morgan fingerprint density at radius 3 is 2.60 bits per heavy atom. The van der Waals surface area contributed by atoms with Crippen molar-refractivity contribution in [1.29, 1.82) is 0 Å². The number of rotatable bonds is 4. The molecule has 0 bridgehead atoms. The maximum atomic E-state index is 12.3. The Morgan fingerprint density at radius 1 is 1.30 bits per heavy atom. The highest BCUT2D eigenvalue weighted by molar-refractivity contribution is 7.07. The molecule has 1 aromatic heterocycles. The molecule has 2 rings (SSSR count). The van der Waals surface area contributed by atoms with Crippen molar-refractivity contribution in [2.24, 2.45) is 0 Å². The molecule has 0 fully saturated rings. The molecule has 0 atom stereocenters. The molecule has 0 aliphatic heterocycles. The lowest BCUT2D eigenvalue weighted by Crippen LogP contribution is -2.22. The molecule has 20 heavy (non-hydrogen) atoms. The summed E-state index contributed by atoms with van der Waals surface area (Å²) in [5.74, 6) is -2.65. The first-order valence-electron chi connectivity index (χ1n) is 5.46. The first-order chi connectivity index (χ1) is 9.38. The van der Waals surface area contributed by atoms with Crippen LogP contribution in [0.5, 0.6) is 11.5 Å². The first kappa shape index (κ1) is 14.4.